The second kappa shape index (κ2) is 6.77. The molecule has 2 aliphatic heterocycles. The van der Waals surface area contributed by atoms with E-state index in [1.807, 2.05) is 29.2 Å². The average Bonchev–Trinajstić information content (AvgIpc) is 3.01. The van der Waals surface area contributed by atoms with Gasteiger partial charge in [0.1, 0.15) is 6.10 Å². The Hall–Kier alpha value is -1.10. The van der Waals surface area contributed by atoms with Gasteiger partial charge in [-0.1, -0.05) is 23.7 Å². The van der Waals surface area contributed by atoms with Gasteiger partial charge in [0.15, 0.2) is 0 Å². The normalized spacial score (nSPS) is 23.5. The highest BCUT2D eigenvalue weighted by Crippen LogP contribution is 2.24. The maximum Gasteiger partial charge on any atom is 0.236 e. The number of nitrogens with zero attached hydrogens (tertiary/aromatic N) is 2. The molecule has 2 saturated heterocycles. The lowest BCUT2D eigenvalue weighted by molar-refractivity contribution is -0.140. The zero-order valence-corrected chi connectivity index (χ0v) is 12.9. The number of carbonyl (C=O) groups excluding carboxylic acids is 1. The maximum absolute atomic E-state index is 12.4. The molecule has 2 aliphatic rings. The molecule has 0 aromatic heterocycles. The van der Waals surface area contributed by atoms with Crippen LogP contribution in [0.5, 0.6) is 0 Å². The Labute approximate surface area is 130 Å². The van der Waals surface area contributed by atoms with Crippen LogP contribution in [0.3, 0.4) is 0 Å². The van der Waals surface area contributed by atoms with Crippen molar-refractivity contribution in [2.45, 2.75) is 18.9 Å². The van der Waals surface area contributed by atoms with Crippen molar-refractivity contribution in [2.75, 3.05) is 39.3 Å². The highest BCUT2D eigenvalue weighted by Gasteiger charge is 2.26. The van der Waals surface area contributed by atoms with Crippen LogP contribution < -0.4 is 0 Å². The van der Waals surface area contributed by atoms with E-state index in [-0.39, 0.29) is 12.0 Å². The SMILES string of the molecule is O=C(CN1CCCC1)N1CCO[C@@H](c2ccc(Cl)cc2)C1. The van der Waals surface area contributed by atoms with Crippen LogP contribution in [0.2, 0.25) is 5.02 Å². The first-order chi connectivity index (χ1) is 10.2. The Kier molecular flexibility index (Phi) is 4.78. The Bertz CT molecular complexity index is 486. The number of rotatable bonds is 3. The molecule has 1 aromatic rings. The van der Waals surface area contributed by atoms with Crippen molar-refractivity contribution < 1.29 is 9.53 Å². The maximum atomic E-state index is 12.4. The fourth-order valence-corrected chi connectivity index (χ4v) is 3.11. The summed E-state index contributed by atoms with van der Waals surface area (Å²) in [5.41, 5.74) is 1.08. The minimum absolute atomic E-state index is 0.0430. The van der Waals surface area contributed by atoms with Crippen LogP contribution in [-0.4, -0.2) is 55.0 Å². The summed E-state index contributed by atoms with van der Waals surface area (Å²) in [4.78, 5) is 16.6. The van der Waals surface area contributed by atoms with E-state index in [0.717, 1.165) is 23.7 Å². The summed E-state index contributed by atoms with van der Waals surface area (Å²) in [6.45, 7) is 4.57. The van der Waals surface area contributed by atoms with E-state index in [4.69, 9.17) is 16.3 Å². The molecule has 0 bridgehead atoms. The molecular weight excluding hydrogens is 288 g/mol. The lowest BCUT2D eigenvalue weighted by atomic mass is 10.1. The Morgan fingerprint density at radius 2 is 1.90 bits per heavy atom. The molecule has 0 saturated carbocycles. The topological polar surface area (TPSA) is 32.8 Å². The van der Waals surface area contributed by atoms with Crippen LogP contribution in [0, 0.1) is 0 Å². The molecule has 0 aliphatic carbocycles. The van der Waals surface area contributed by atoms with Crippen LogP contribution in [-0.2, 0) is 9.53 Å². The van der Waals surface area contributed by atoms with Crippen molar-refractivity contribution in [3.05, 3.63) is 34.9 Å². The van der Waals surface area contributed by atoms with Crippen molar-refractivity contribution in [1.29, 1.82) is 0 Å². The molecule has 1 atom stereocenters. The number of hydrogen-bond donors (Lipinski definition) is 0. The Morgan fingerprint density at radius 3 is 2.62 bits per heavy atom. The Morgan fingerprint density at radius 1 is 1.19 bits per heavy atom. The number of likely N-dealkylation sites (tertiary alicyclic amines) is 1. The third-order valence-electron chi connectivity index (χ3n) is 4.22. The molecule has 1 aromatic carbocycles. The number of amides is 1. The van der Waals surface area contributed by atoms with Gasteiger partial charge in [-0.05, 0) is 43.6 Å². The van der Waals surface area contributed by atoms with Gasteiger partial charge in [-0.25, -0.2) is 0 Å². The van der Waals surface area contributed by atoms with Crippen molar-refractivity contribution >= 4 is 17.5 Å². The number of carbonyl (C=O) groups is 1. The summed E-state index contributed by atoms with van der Waals surface area (Å²) in [5, 5.41) is 0.719. The van der Waals surface area contributed by atoms with E-state index < -0.39 is 0 Å². The first-order valence-electron chi connectivity index (χ1n) is 7.59. The fraction of sp³-hybridized carbons (Fsp3) is 0.562. The molecule has 3 rings (SSSR count). The molecule has 21 heavy (non-hydrogen) atoms. The first-order valence-corrected chi connectivity index (χ1v) is 7.97. The molecule has 0 unspecified atom stereocenters. The van der Waals surface area contributed by atoms with E-state index in [0.29, 0.717) is 26.2 Å². The fourth-order valence-electron chi connectivity index (χ4n) is 2.99. The quantitative estimate of drug-likeness (QED) is 0.859. The van der Waals surface area contributed by atoms with Gasteiger partial charge in [-0.3, -0.25) is 9.69 Å². The molecule has 0 N–H and O–H groups in total. The van der Waals surface area contributed by atoms with Crippen LogP contribution in [0.1, 0.15) is 24.5 Å². The van der Waals surface area contributed by atoms with Gasteiger partial charge in [0, 0.05) is 11.6 Å². The minimum Gasteiger partial charge on any atom is -0.370 e. The van der Waals surface area contributed by atoms with E-state index >= 15 is 0 Å². The number of benzene rings is 1. The number of morpholine rings is 1. The molecule has 0 spiro atoms. The van der Waals surface area contributed by atoms with Crippen LogP contribution >= 0.6 is 11.6 Å². The highest BCUT2D eigenvalue weighted by atomic mass is 35.5. The molecule has 4 nitrogen and oxygen atoms in total. The van der Waals surface area contributed by atoms with Crippen molar-refractivity contribution in [3.8, 4) is 0 Å². The van der Waals surface area contributed by atoms with Crippen molar-refractivity contribution in [3.63, 3.8) is 0 Å². The zero-order chi connectivity index (χ0) is 14.7. The van der Waals surface area contributed by atoms with Gasteiger partial charge in [0.25, 0.3) is 0 Å². The van der Waals surface area contributed by atoms with Gasteiger partial charge in [0.2, 0.25) is 5.91 Å². The largest absolute Gasteiger partial charge is 0.370 e. The molecule has 2 heterocycles. The van der Waals surface area contributed by atoms with E-state index in [9.17, 15) is 4.79 Å². The van der Waals surface area contributed by atoms with Crippen molar-refractivity contribution in [1.82, 2.24) is 9.80 Å². The summed E-state index contributed by atoms with van der Waals surface area (Å²) >= 11 is 5.91. The van der Waals surface area contributed by atoms with E-state index in [2.05, 4.69) is 4.90 Å². The van der Waals surface area contributed by atoms with Gasteiger partial charge < -0.3 is 9.64 Å². The smallest absolute Gasteiger partial charge is 0.236 e. The second-order valence-electron chi connectivity index (χ2n) is 5.73. The van der Waals surface area contributed by atoms with Gasteiger partial charge in [-0.2, -0.15) is 0 Å². The Balaban J connectivity index is 1.59. The summed E-state index contributed by atoms with van der Waals surface area (Å²) in [7, 11) is 0. The zero-order valence-electron chi connectivity index (χ0n) is 12.1. The monoisotopic (exact) mass is 308 g/mol. The molecule has 114 valence electrons. The number of hydrogen-bond acceptors (Lipinski definition) is 3. The van der Waals surface area contributed by atoms with E-state index in [1.54, 1.807) is 0 Å². The number of ether oxygens (including phenoxy) is 1. The van der Waals surface area contributed by atoms with Crippen LogP contribution in [0.4, 0.5) is 0 Å². The van der Waals surface area contributed by atoms with E-state index in [1.165, 1.54) is 12.8 Å². The highest BCUT2D eigenvalue weighted by molar-refractivity contribution is 6.30. The lowest BCUT2D eigenvalue weighted by Gasteiger charge is -2.34. The predicted molar refractivity (Wildman–Crippen MR) is 82.4 cm³/mol. The predicted octanol–water partition coefficient (Wildman–Crippen LogP) is 2.34. The molecular formula is C16H21ClN2O2. The van der Waals surface area contributed by atoms with Crippen LogP contribution in [0.25, 0.3) is 0 Å². The third kappa shape index (κ3) is 3.76. The molecule has 5 heteroatoms. The lowest BCUT2D eigenvalue weighted by Crippen LogP contribution is -2.46. The molecule has 1 amide bonds. The summed E-state index contributed by atoms with van der Waals surface area (Å²) in [6, 6.07) is 7.68. The molecule has 0 radical (unpaired) electrons. The summed E-state index contributed by atoms with van der Waals surface area (Å²) < 4.78 is 5.80. The van der Waals surface area contributed by atoms with Gasteiger partial charge in [-0.15, -0.1) is 0 Å². The van der Waals surface area contributed by atoms with Crippen molar-refractivity contribution in [2.24, 2.45) is 0 Å². The molecule has 2 fully saturated rings. The minimum atomic E-state index is -0.0430. The van der Waals surface area contributed by atoms with Crippen LogP contribution in [0.15, 0.2) is 24.3 Å². The summed E-state index contributed by atoms with van der Waals surface area (Å²) in [6.07, 6.45) is 2.38. The standard InChI is InChI=1S/C16H21ClN2O2/c17-14-5-3-13(4-6-14)15-11-19(9-10-21-15)16(20)12-18-7-1-2-8-18/h3-6,15H,1-2,7-12H2/t15-/m1/s1. The van der Waals surface area contributed by atoms with Gasteiger partial charge >= 0.3 is 0 Å². The van der Waals surface area contributed by atoms with Gasteiger partial charge in [0.05, 0.1) is 19.7 Å². The number of halogens is 1. The average molecular weight is 309 g/mol. The third-order valence-corrected chi connectivity index (χ3v) is 4.47. The first kappa shape index (κ1) is 14.8. The summed E-state index contributed by atoms with van der Waals surface area (Å²) in [5.74, 6) is 0.221. The second-order valence-corrected chi connectivity index (χ2v) is 6.17.